The Morgan fingerprint density at radius 1 is 1.26 bits per heavy atom. The van der Waals surface area contributed by atoms with Gasteiger partial charge in [0, 0.05) is 31.4 Å². The highest BCUT2D eigenvalue weighted by Crippen LogP contribution is 2.32. The lowest BCUT2D eigenvalue weighted by Gasteiger charge is -2.29. The molecule has 1 N–H and O–H groups in total. The molecule has 1 saturated heterocycles. The van der Waals surface area contributed by atoms with E-state index >= 15 is 0 Å². The van der Waals surface area contributed by atoms with E-state index in [9.17, 15) is 5.11 Å². The quantitative estimate of drug-likeness (QED) is 0.941. The second-order valence-corrected chi connectivity index (χ2v) is 6.24. The average molecular weight is 315 g/mol. The van der Waals surface area contributed by atoms with E-state index in [1.165, 1.54) is 19.3 Å². The van der Waals surface area contributed by atoms with Crippen molar-refractivity contribution in [1.82, 2.24) is 14.7 Å². The first-order valence-corrected chi connectivity index (χ1v) is 8.27. The van der Waals surface area contributed by atoms with Crippen molar-refractivity contribution in [1.29, 1.82) is 0 Å². The van der Waals surface area contributed by atoms with Crippen LogP contribution < -0.4 is 4.74 Å². The summed E-state index contributed by atoms with van der Waals surface area (Å²) in [6.45, 7) is 1.77. The molecule has 0 aliphatic carbocycles. The van der Waals surface area contributed by atoms with Gasteiger partial charge in [-0.15, -0.1) is 0 Å². The molecule has 3 rings (SSSR count). The molecule has 5 nitrogen and oxygen atoms in total. The minimum atomic E-state index is 0.299. The number of aryl methyl sites for hydroxylation is 1. The molecule has 1 atom stereocenters. The van der Waals surface area contributed by atoms with Gasteiger partial charge in [0.1, 0.15) is 11.5 Å². The number of hydrogen-bond donors (Lipinski definition) is 1. The Hall–Kier alpha value is -2.01. The molecular weight excluding hydrogens is 290 g/mol. The Morgan fingerprint density at radius 2 is 2.13 bits per heavy atom. The zero-order valence-corrected chi connectivity index (χ0v) is 13.9. The number of rotatable bonds is 4. The van der Waals surface area contributed by atoms with Crippen LogP contribution in [0.1, 0.15) is 43.0 Å². The Bertz CT molecular complexity index is 653. The molecule has 5 heteroatoms. The topological polar surface area (TPSA) is 50.5 Å². The summed E-state index contributed by atoms with van der Waals surface area (Å²) in [6.07, 6.45) is 6.80. The van der Waals surface area contributed by atoms with Gasteiger partial charge in [0.2, 0.25) is 0 Å². The van der Waals surface area contributed by atoms with Crippen LogP contribution in [0.25, 0.3) is 0 Å². The number of phenols is 1. The summed E-state index contributed by atoms with van der Waals surface area (Å²) in [5, 5.41) is 14.9. The number of ether oxygens (including phenoxy) is 1. The lowest BCUT2D eigenvalue weighted by atomic mass is 10.1. The first kappa shape index (κ1) is 15.9. The Kier molecular flexibility index (Phi) is 4.86. The summed E-state index contributed by atoms with van der Waals surface area (Å²) >= 11 is 0. The summed E-state index contributed by atoms with van der Waals surface area (Å²) < 4.78 is 7.03. The van der Waals surface area contributed by atoms with Crippen LogP contribution in [0.5, 0.6) is 11.5 Å². The smallest absolute Gasteiger partial charge is 0.123 e. The molecule has 2 heterocycles. The second-order valence-electron chi connectivity index (χ2n) is 6.24. The van der Waals surface area contributed by atoms with Gasteiger partial charge in [-0.05, 0) is 31.5 Å². The minimum absolute atomic E-state index is 0.299. The molecule has 1 fully saturated rings. The second kappa shape index (κ2) is 7.04. The van der Waals surface area contributed by atoms with Crippen molar-refractivity contribution in [2.45, 2.75) is 38.3 Å². The monoisotopic (exact) mass is 315 g/mol. The van der Waals surface area contributed by atoms with E-state index in [1.54, 1.807) is 13.2 Å². The third-order valence-corrected chi connectivity index (χ3v) is 4.61. The number of aromatic hydroxyl groups is 1. The Morgan fingerprint density at radius 3 is 2.83 bits per heavy atom. The Labute approximate surface area is 137 Å². The lowest BCUT2D eigenvalue weighted by molar-refractivity contribution is 0.186. The molecule has 1 aliphatic heterocycles. The normalized spacial score (nSPS) is 19.5. The van der Waals surface area contributed by atoms with Gasteiger partial charge in [0.15, 0.2) is 0 Å². The number of methoxy groups -OCH3 is 1. The van der Waals surface area contributed by atoms with Crippen LogP contribution in [0, 0.1) is 0 Å². The molecule has 0 radical (unpaired) electrons. The van der Waals surface area contributed by atoms with Gasteiger partial charge < -0.3 is 9.84 Å². The van der Waals surface area contributed by atoms with Crippen molar-refractivity contribution in [3.05, 3.63) is 41.7 Å². The molecule has 124 valence electrons. The van der Waals surface area contributed by atoms with Crippen LogP contribution in [0.4, 0.5) is 0 Å². The van der Waals surface area contributed by atoms with Crippen LogP contribution in [0.2, 0.25) is 0 Å². The molecule has 23 heavy (non-hydrogen) atoms. The molecular formula is C18H25N3O2. The predicted molar refractivity (Wildman–Crippen MR) is 89.5 cm³/mol. The lowest BCUT2D eigenvalue weighted by Crippen LogP contribution is -2.28. The van der Waals surface area contributed by atoms with Crippen molar-refractivity contribution < 1.29 is 9.84 Å². The van der Waals surface area contributed by atoms with Crippen molar-refractivity contribution in [3.63, 3.8) is 0 Å². The van der Waals surface area contributed by atoms with Crippen LogP contribution in [0.15, 0.2) is 30.5 Å². The number of aromatic nitrogens is 2. The van der Waals surface area contributed by atoms with Gasteiger partial charge in [0.05, 0.1) is 18.8 Å². The van der Waals surface area contributed by atoms with Crippen LogP contribution in [0.3, 0.4) is 0 Å². The molecule has 1 aromatic heterocycles. The molecule has 0 bridgehead atoms. The van der Waals surface area contributed by atoms with E-state index in [1.807, 2.05) is 30.1 Å². The van der Waals surface area contributed by atoms with E-state index < -0.39 is 0 Å². The third-order valence-electron chi connectivity index (χ3n) is 4.61. The van der Waals surface area contributed by atoms with Crippen LogP contribution >= 0.6 is 0 Å². The molecule has 1 aliphatic rings. The largest absolute Gasteiger partial charge is 0.507 e. The third kappa shape index (κ3) is 3.67. The van der Waals surface area contributed by atoms with Gasteiger partial charge in [-0.3, -0.25) is 9.58 Å². The zero-order chi connectivity index (χ0) is 16.2. The summed E-state index contributed by atoms with van der Waals surface area (Å²) in [6, 6.07) is 7.97. The van der Waals surface area contributed by atoms with Gasteiger partial charge in [-0.2, -0.15) is 5.10 Å². The van der Waals surface area contributed by atoms with Crippen LogP contribution in [-0.4, -0.2) is 33.4 Å². The summed E-state index contributed by atoms with van der Waals surface area (Å²) in [5.41, 5.74) is 2.07. The van der Waals surface area contributed by atoms with E-state index in [4.69, 9.17) is 4.74 Å². The van der Waals surface area contributed by atoms with E-state index in [2.05, 4.69) is 16.1 Å². The number of phenolic OH excluding ortho intramolecular Hbond substituents is 1. The van der Waals surface area contributed by atoms with E-state index in [-0.39, 0.29) is 0 Å². The number of hydrogen-bond acceptors (Lipinski definition) is 4. The maximum atomic E-state index is 10.3. The highest BCUT2D eigenvalue weighted by Gasteiger charge is 2.25. The molecule has 0 saturated carbocycles. The molecule has 1 unspecified atom stereocenters. The van der Waals surface area contributed by atoms with Crippen molar-refractivity contribution >= 4 is 0 Å². The fraction of sp³-hybridized carbons (Fsp3) is 0.500. The molecule has 1 aromatic carbocycles. The molecule has 2 aromatic rings. The van der Waals surface area contributed by atoms with Gasteiger partial charge in [-0.25, -0.2) is 0 Å². The Balaban J connectivity index is 1.82. The SMILES string of the molecule is COc1ccc(CN2CCCCCC2c2ccn(C)n2)c(O)c1. The number of likely N-dealkylation sites (tertiary alicyclic amines) is 1. The van der Waals surface area contributed by atoms with Crippen molar-refractivity contribution in [2.75, 3.05) is 13.7 Å². The van der Waals surface area contributed by atoms with Gasteiger partial charge >= 0.3 is 0 Å². The van der Waals surface area contributed by atoms with Gasteiger partial charge in [0.25, 0.3) is 0 Å². The highest BCUT2D eigenvalue weighted by atomic mass is 16.5. The maximum Gasteiger partial charge on any atom is 0.123 e. The number of nitrogens with zero attached hydrogens (tertiary/aromatic N) is 3. The highest BCUT2D eigenvalue weighted by molar-refractivity contribution is 5.39. The maximum absolute atomic E-state index is 10.3. The zero-order valence-electron chi connectivity index (χ0n) is 13.9. The first-order chi connectivity index (χ1) is 11.2. The van der Waals surface area contributed by atoms with Crippen LogP contribution in [-0.2, 0) is 13.6 Å². The van der Waals surface area contributed by atoms with E-state index in [0.717, 1.165) is 30.8 Å². The molecule has 0 spiro atoms. The van der Waals surface area contributed by atoms with Crippen molar-refractivity contribution in [3.8, 4) is 11.5 Å². The first-order valence-electron chi connectivity index (χ1n) is 8.27. The summed E-state index contributed by atoms with van der Waals surface area (Å²) in [7, 11) is 3.57. The fourth-order valence-electron chi connectivity index (χ4n) is 3.33. The van der Waals surface area contributed by atoms with Gasteiger partial charge in [-0.1, -0.05) is 18.9 Å². The predicted octanol–water partition coefficient (Wildman–Crippen LogP) is 3.25. The average Bonchev–Trinajstić information content (AvgIpc) is 2.84. The van der Waals surface area contributed by atoms with E-state index in [0.29, 0.717) is 17.5 Å². The summed E-state index contributed by atoms with van der Waals surface area (Å²) in [5.74, 6) is 0.983. The molecule has 0 amide bonds. The minimum Gasteiger partial charge on any atom is -0.507 e. The number of benzene rings is 1. The summed E-state index contributed by atoms with van der Waals surface area (Å²) in [4.78, 5) is 2.44. The van der Waals surface area contributed by atoms with Crippen molar-refractivity contribution in [2.24, 2.45) is 7.05 Å². The standard InChI is InChI=1S/C18H25N3O2/c1-20-11-9-16(19-20)17-6-4-3-5-10-21(17)13-14-7-8-15(23-2)12-18(14)22/h7-9,11-12,17,22H,3-6,10,13H2,1-2H3. The fourth-order valence-corrected chi connectivity index (χ4v) is 3.33.